The van der Waals surface area contributed by atoms with Crippen LogP contribution in [-0.4, -0.2) is 21.3 Å². The summed E-state index contributed by atoms with van der Waals surface area (Å²) in [5, 5.41) is 0. The van der Waals surface area contributed by atoms with Crippen LogP contribution in [0.5, 0.6) is 0 Å². The maximum atomic E-state index is 11.8. The number of rotatable bonds is 4. The van der Waals surface area contributed by atoms with E-state index in [0.29, 0.717) is 0 Å². The van der Waals surface area contributed by atoms with Crippen LogP contribution in [0.1, 0.15) is 51.9 Å². The van der Waals surface area contributed by atoms with Gasteiger partial charge in [0.05, 0.1) is 12.9 Å². The van der Waals surface area contributed by atoms with Gasteiger partial charge in [0.1, 0.15) is 0 Å². The van der Waals surface area contributed by atoms with Crippen molar-refractivity contribution < 1.29 is 8.95 Å². The van der Waals surface area contributed by atoms with Gasteiger partial charge in [-0.05, 0) is 57.4 Å². The van der Waals surface area contributed by atoms with Crippen LogP contribution in [0.4, 0.5) is 0 Å². The van der Waals surface area contributed by atoms with Crippen LogP contribution in [0.25, 0.3) is 0 Å². The average Bonchev–Trinajstić information content (AvgIpc) is 2.86. The molecule has 2 nitrogen and oxygen atoms in total. The molecule has 0 N–H and O–H groups in total. The maximum absolute atomic E-state index is 11.8. The third-order valence-electron chi connectivity index (χ3n) is 3.83. The van der Waals surface area contributed by atoms with Crippen molar-refractivity contribution in [3.05, 3.63) is 11.8 Å². The first-order valence-corrected chi connectivity index (χ1v) is 7.71. The SMILES string of the molecule is CC1(CCOC=C2CCCC2)CCCS1=O. The minimum atomic E-state index is -0.632. The molecule has 0 aromatic heterocycles. The molecular weight excluding hydrogens is 220 g/mol. The maximum Gasteiger partial charge on any atom is 0.0887 e. The van der Waals surface area contributed by atoms with Crippen LogP contribution in [0, 0.1) is 0 Å². The van der Waals surface area contributed by atoms with Gasteiger partial charge < -0.3 is 4.74 Å². The minimum Gasteiger partial charge on any atom is -0.501 e. The van der Waals surface area contributed by atoms with Crippen molar-refractivity contribution in [3.63, 3.8) is 0 Å². The van der Waals surface area contributed by atoms with Crippen molar-refractivity contribution in [3.8, 4) is 0 Å². The van der Waals surface area contributed by atoms with Gasteiger partial charge in [0.25, 0.3) is 0 Å². The molecule has 1 heterocycles. The lowest BCUT2D eigenvalue weighted by Gasteiger charge is -2.21. The standard InChI is InChI=1S/C13H22O2S/c1-13(7-4-10-16(13)14)8-9-15-11-12-5-2-3-6-12/h11H,2-10H2,1H3. The molecular formula is C13H22O2S. The Kier molecular flexibility index (Phi) is 4.06. The summed E-state index contributed by atoms with van der Waals surface area (Å²) < 4.78 is 17.4. The molecule has 1 saturated heterocycles. The van der Waals surface area contributed by atoms with Gasteiger partial charge in [0.2, 0.25) is 0 Å². The number of ether oxygens (including phenoxy) is 1. The smallest absolute Gasteiger partial charge is 0.0887 e. The molecule has 1 aliphatic carbocycles. The molecule has 1 saturated carbocycles. The van der Waals surface area contributed by atoms with Gasteiger partial charge in [-0.25, -0.2) is 0 Å². The minimum absolute atomic E-state index is 0.0220. The predicted octanol–water partition coefficient (Wildman–Crippen LogP) is 3.15. The molecule has 3 heteroatoms. The van der Waals surface area contributed by atoms with E-state index >= 15 is 0 Å². The van der Waals surface area contributed by atoms with Crippen LogP contribution >= 0.6 is 0 Å². The van der Waals surface area contributed by atoms with Crippen molar-refractivity contribution in [1.82, 2.24) is 0 Å². The van der Waals surface area contributed by atoms with Gasteiger partial charge in [-0.1, -0.05) is 0 Å². The lowest BCUT2D eigenvalue weighted by atomic mass is 10.0. The van der Waals surface area contributed by atoms with E-state index in [1.807, 2.05) is 6.26 Å². The molecule has 2 atom stereocenters. The van der Waals surface area contributed by atoms with Gasteiger partial charge in [0.15, 0.2) is 0 Å². The van der Waals surface area contributed by atoms with Crippen molar-refractivity contribution in [1.29, 1.82) is 0 Å². The van der Waals surface area contributed by atoms with Crippen molar-refractivity contribution >= 4 is 10.8 Å². The summed E-state index contributed by atoms with van der Waals surface area (Å²) in [5.41, 5.74) is 1.46. The van der Waals surface area contributed by atoms with Gasteiger partial charge in [-0.15, -0.1) is 0 Å². The Balaban J connectivity index is 1.71. The van der Waals surface area contributed by atoms with Gasteiger partial charge in [-0.2, -0.15) is 0 Å². The zero-order valence-corrected chi connectivity index (χ0v) is 11.0. The fourth-order valence-electron chi connectivity index (χ4n) is 2.57. The highest BCUT2D eigenvalue weighted by atomic mass is 32.2. The molecule has 0 aromatic rings. The molecule has 92 valence electrons. The molecule has 1 aliphatic heterocycles. The van der Waals surface area contributed by atoms with Gasteiger partial charge in [-0.3, -0.25) is 4.21 Å². The largest absolute Gasteiger partial charge is 0.501 e. The normalized spacial score (nSPS) is 34.3. The van der Waals surface area contributed by atoms with Crippen molar-refractivity contribution in [2.75, 3.05) is 12.4 Å². The Morgan fingerprint density at radius 3 is 2.75 bits per heavy atom. The summed E-state index contributed by atoms with van der Waals surface area (Å²) in [4.78, 5) is 0. The summed E-state index contributed by atoms with van der Waals surface area (Å²) in [7, 11) is -0.632. The van der Waals surface area contributed by atoms with E-state index < -0.39 is 10.8 Å². The van der Waals surface area contributed by atoms with Crippen LogP contribution in [0.2, 0.25) is 0 Å². The van der Waals surface area contributed by atoms with Gasteiger partial charge >= 0.3 is 0 Å². The fourth-order valence-corrected chi connectivity index (χ4v) is 4.16. The second kappa shape index (κ2) is 5.35. The number of hydrogen-bond donors (Lipinski definition) is 0. The highest BCUT2D eigenvalue weighted by Crippen LogP contribution is 2.32. The molecule has 0 aromatic carbocycles. The van der Waals surface area contributed by atoms with Crippen LogP contribution in [0.15, 0.2) is 11.8 Å². The first-order chi connectivity index (χ1) is 7.71. The second-order valence-electron chi connectivity index (χ2n) is 5.21. The van der Waals surface area contributed by atoms with Crippen molar-refractivity contribution in [2.45, 2.75) is 56.6 Å². The number of hydrogen-bond acceptors (Lipinski definition) is 2. The molecule has 0 bridgehead atoms. The molecule has 0 radical (unpaired) electrons. The first-order valence-electron chi connectivity index (χ1n) is 6.39. The summed E-state index contributed by atoms with van der Waals surface area (Å²) in [6.07, 6.45) is 10.2. The molecule has 0 spiro atoms. The van der Waals surface area contributed by atoms with Crippen LogP contribution in [0.3, 0.4) is 0 Å². The highest BCUT2D eigenvalue weighted by molar-refractivity contribution is 7.86. The fraction of sp³-hybridized carbons (Fsp3) is 0.846. The Hall–Kier alpha value is -0.310. The summed E-state index contributed by atoms with van der Waals surface area (Å²) in [6.45, 7) is 2.87. The van der Waals surface area contributed by atoms with E-state index in [9.17, 15) is 4.21 Å². The topological polar surface area (TPSA) is 26.3 Å². The third kappa shape index (κ3) is 2.88. The zero-order valence-electron chi connectivity index (χ0n) is 10.2. The summed E-state index contributed by atoms with van der Waals surface area (Å²) in [5.74, 6) is 0.886. The third-order valence-corrected chi connectivity index (χ3v) is 6.00. The second-order valence-corrected chi connectivity index (χ2v) is 7.29. The van der Waals surface area contributed by atoms with Crippen LogP contribution in [-0.2, 0) is 15.5 Å². The van der Waals surface area contributed by atoms with E-state index in [-0.39, 0.29) is 4.75 Å². The summed E-state index contributed by atoms with van der Waals surface area (Å²) >= 11 is 0. The van der Waals surface area contributed by atoms with E-state index in [1.165, 1.54) is 31.3 Å². The van der Waals surface area contributed by atoms with E-state index in [1.54, 1.807) is 0 Å². The molecule has 0 amide bonds. The van der Waals surface area contributed by atoms with E-state index in [4.69, 9.17) is 4.74 Å². The number of allylic oxidation sites excluding steroid dienone is 1. The average molecular weight is 242 g/mol. The Morgan fingerprint density at radius 2 is 2.12 bits per heavy atom. The Bertz CT molecular complexity index is 290. The molecule has 2 fully saturated rings. The zero-order chi connectivity index (χ0) is 11.4. The molecule has 2 aliphatic rings. The lowest BCUT2D eigenvalue weighted by Crippen LogP contribution is -2.27. The highest BCUT2D eigenvalue weighted by Gasteiger charge is 2.35. The van der Waals surface area contributed by atoms with E-state index in [2.05, 4.69) is 6.92 Å². The monoisotopic (exact) mass is 242 g/mol. The lowest BCUT2D eigenvalue weighted by molar-refractivity contribution is 0.227. The summed E-state index contributed by atoms with van der Waals surface area (Å²) in [6, 6.07) is 0. The molecule has 2 rings (SSSR count). The van der Waals surface area contributed by atoms with E-state index in [0.717, 1.165) is 31.6 Å². The van der Waals surface area contributed by atoms with Crippen LogP contribution < -0.4 is 0 Å². The predicted molar refractivity (Wildman–Crippen MR) is 67.8 cm³/mol. The van der Waals surface area contributed by atoms with Crippen molar-refractivity contribution in [2.24, 2.45) is 0 Å². The quantitative estimate of drug-likeness (QED) is 0.559. The molecule has 16 heavy (non-hydrogen) atoms. The molecule has 2 unspecified atom stereocenters. The Labute approximate surface area is 101 Å². The first kappa shape index (κ1) is 12.2. The van der Waals surface area contributed by atoms with Gasteiger partial charge in [0, 0.05) is 21.3 Å². The Morgan fingerprint density at radius 1 is 1.38 bits per heavy atom.